The molecule has 0 spiro atoms. The normalized spacial score (nSPS) is 13.5. The Hall–Kier alpha value is -3.29. The van der Waals surface area contributed by atoms with Gasteiger partial charge in [0.1, 0.15) is 11.5 Å². The fraction of sp³-hybridized carbons (Fsp3) is 0.350. The number of hydrogen-bond donors (Lipinski definition) is 2. The van der Waals surface area contributed by atoms with Gasteiger partial charge in [-0.15, -0.1) is 0 Å². The second-order valence-corrected chi connectivity index (χ2v) is 6.86. The highest BCUT2D eigenvalue weighted by atomic mass is 16.7. The summed E-state index contributed by atoms with van der Waals surface area (Å²) in [6, 6.07) is 7.32. The maximum atomic E-state index is 12.7. The number of carbonyl (C=O) groups is 1. The van der Waals surface area contributed by atoms with Crippen molar-refractivity contribution in [2.75, 3.05) is 6.79 Å². The molecule has 0 aliphatic carbocycles. The third kappa shape index (κ3) is 3.45. The second-order valence-electron chi connectivity index (χ2n) is 6.86. The minimum Gasteiger partial charge on any atom is -0.454 e. The number of ether oxygens (including phenoxy) is 2. The van der Waals surface area contributed by atoms with E-state index in [1.807, 2.05) is 25.1 Å². The van der Waals surface area contributed by atoms with Gasteiger partial charge in [-0.3, -0.25) is 9.48 Å². The number of imidazole rings is 1. The van der Waals surface area contributed by atoms with Gasteiger partial charge in [0.25, 0.3) is 5.91 Å². The van der Waals surface area contributed by atoms with Gasteiger partial charge in [0.2, 0.25) is 6.79 Å². The number of nitrogens with one attached hydrogen (secondary N) is 2. The van der Waals surface area contributed by atoms with Gasteiger partial charge in [0.15, 0.2) is 11.5 Å². The van der Waals surface area contributed by atoms with Gasteiger partial charge in [-0.1, -0.05) is 13.3 Å². The standard InChI is InChI=1S/C20H23N5O3/c1-4-5-14(23-20(26)16-8-12(2)24-25(16)3)19-21-10-15(22-19)13-6-7-17-18(9-13)28-11-27-17/h6-10,14H,4-5,11H2,1-3H3,(H,21,22)(H,23,26). The maximum absolute atomic E-state index is 12.7. The molecule has 0 bridgehead atoms. The second kappa shape index (κ2) is 7.38. The van der Waals surface area contributed by atoms with E-state index in [4.69, 9.17) is 9.47 Å². The summed E-state index contributed by atoms with van der Waals surface area (Å²) in [7, 11) is 1.77. The summed E-state index contributed by atoms with van der Waals surface area (Å²) >= 11 is 0. The lowest BCUT2D eigenvalue weighted by Gasteiger charge is -2.16. The van der Waals surface area contributed by atoms with Crippen LogP contribution < -0.4 is 14.8 Å². The first-order valence-electron chi connectivity index (χ1n) is 9.31. The number of nitrogens with zero attached hydrogens (tertiary/aromatic N) is 3. The highest BCUT2D eigenvalue weighted by Crippen LogP contribution is 2.35. The summed E-state index contributed by atoms with van der Waals surface area (Å²) in [5.41, 5.74) is 3.15. The summed E-state index contributed by atoms with van der Waals surface area (Å²) in [4.78, 5) is 20.6. The summed E-state index contributed by atoms with van der Waals surface area (Å²) in [6.07, 6.45) is 3.46. The molecule has 8 heteroatoms. The van der Waals surface area contributed by atoms with Gasteiger partial charge in [-0.05, 0) is 37.6 Å². The SMILES string of the molecule is CCCC(NC(=O)c1cc(C)nn1C)c1ncc(-c2ccc3c(c2)OCO3)[nH]1. The first kappa shape index (κ1) is 18.1. The molecule has 1 unspecified atom stereocenters. The molecule has 2 aromatic heterocycles. The number of H-pyrrole nitrogens is 1. The predicted octanol–water partition coefficient (Wildman–Crippen LogP) is 3.12. The van der Waals surface area contributed by atoms with Crippen molar-refractivity contribution in [3.63, 3.8) is 0 Å². The van der Waals surface area contributed by atoms with Crippen molar-refractivity contribution in [1.82, 2.24) is 25.1 Å². The van der Waals surface area contributed by atoms with Crippen LogP contribution in [0.1, 0.15) is 47.8 Å². The molecule has 0 saturated carbocycles. The van der Waals surface area contributed by atoms with Crippen LogP contribution >= 0.6 is 0 Å². The van der Waals surface area contributed by atoms with Gasteiger partial charge in [0, 0.05) is 12.6 Å². The van der Waals surface area contributed by atoms with Crippen LogP contribution in [0.15, 0.2) is 30.5 Å². The number of aromatic nitrogens is 4. The Morgan fingerprint density at radius 3 is 2.89 bits per heavy atom. The molecule has 28 heavy (non-hydrogen) atoms. The lowest BCUT2D eigenvalue weighted by molar-refractivity contribution is 0.0923. The predicted molar refractivity (Wildman–Crippen MR) is 103 cm³/mol. The van der Waals surface area contributed by atoms with Crippen molar-refractivity contribution in [3.05, 3.63) is 47.7 Å². The zero-order valence-electron chi connectivity index (χ0n) is 16.2. The Morgan fingerprint density at radius 1 is 1.32 bits per heavy atom. The number of amides is 1. The molecular formula is C20H23N5O3. The summed E-state index contributed by atoms with van der Waals surface area (Å²) in [5, 5.41) is 7.31. The van der Waals surface area contributed by atoms with Crippen LogP contribution in [-0.2, 0) is 7.05 Å². The van der Waals surface area contributed by atoms with E-state index in [1.165, 1.54) is 0 Å². The molecule has 0 fully saturated rings. The number of rotatable bonds is 6. The molecule has 0 radical (unpaired) electrons. The van der Waals surface area contributed by atoms with Gasteiger partial charge < -0.3 is 19.8 Å². The monoisotopic (exact) mass is 381 g/mol. The van der Waals surface area contributed by atoms with Crippen LogP contribution in [0, 0.1) is 6.92 Å². The highest BCUT2D eigenvalue weighted by Gasteiger charge is 2.21. The van der Waals surface area contributed by atoms with E-state index in [1.54, 1.807) is 24.0 Å². The van der Waals surface area contributed by atoms with E-state index in [0.29, 0.717) is 5.69 Å². The fourth-order valence-electron chi connectivity index (χ4n) is 3.35. The van der Waals surface area contributed by atoms with E-state index in [2.05, 4.69) is 27.3 Å². The lowest BCUT2D eigenvalue weighted by Crippen LogP contribution is -2.30. The molecule has 4 rings (SSSR count). The molecule has 3 aromatic rings. The Labute approximate surface area is 162 Å². The summed E-state index contributed by atoms with van der Waals surface area (Å²) in [6.45, 7) is 4.19. The summed E-state index contributed by atoms with van der Waals surface area (Å²) < 4.78 is 12.4. The average molecular weight is 381 g/mol. The van der Waals surface area contributed by atoms with Gasteiger partial charge in [-0.2, -0.15) is 5.10 Å². The van der Waals surface area contributed by atoms with Crippen molar-refractivity contribution in [1.29, 1.82) is 0 Å². The largest absolute Gasteiger partial charge is 0.454 e. The first-order chi connectivity index (χ1) is 13.5. The fourth-order valence-corrected chi connectivity index (χ4v) is 3.35. The zero-order valence-corrected chi connectivity index (χ0v) is 16.2. The molecule has 1 amide bonds. The molecule has 0 saturated heterocycles. The molecule has 1 atom stereocenters. The highest BCUT2D eigenvalue weighted by molar-refractivity contribution is 5.92. The quantitative estimate of drug-likeness (QED) is 0.684. The third-order valence-electron chi connectivity index (χ3n) is 4.73. The lowest BCUT2D eigenvalue weighted by atomic mass is 10.1. The minimum atomic E-state index is -0.213. The molecule has 3 heterocycles. The Kier molecular flexibility index (Phi) is 4.77. The summed E-state index contributed by atoms with van der Waals surface area (Å²) in [5.74, 6) is 2.02. The molecule has 1 aliphatic rings. The van der Waals surface area contributed by atoms with Crippen LogP contribution in [0.4, 0.5) is 0 Å². The van der Waals surface area contributed by atoms with Crippen molar-refractivity contribution >= 4 is 5.91 Å². The number of benzene rings is 1. The maximum Gasteiger partial charge on any atom is 0.270 e. The van der Waals surface area contributed by atoms with E-state index in [0.717, 1.165) is 47.1 Å². The Morgan fingerprint density at radius 2 is 2.14 bits per heavy atom. The van der Waals surface area contributed by atoms with E-state index in [-0.39, 0.29) is 18.7 Å². The average Bonchev–Trinajstić information content (AvgIpc) is 3.39. The molecular weight excluding hydrogens is 358 g/mol. The van der Waals surface area contributed by atoms with E-state index in [9.17, 15) is 4.79 Å². The number of aryl methyl sites for hydroxylation is 2. The van der Waals surface area contributed by atoms with Crippen LogP contribution in [0.25, 0.3) is 11.3 Å². The number of carbonyl (C=O) groups excluding carboxylic acids is 1. The van der Waals surface area contributed by atoms with Crippen molar-refractivity contribution < 1.29 is 14.3 Å². The Balaban J connectivity index is 1.55. The van der Waals surface area contributed by atoms with Gasteiger partial charge in [-0.25, -0.2) is 4.98 Å². The van der Waals surface area contributed by atoms with E-state index >= 15 is 0 Å². The van der Waals surface area contributed by atoms with Gasteiger partial charge in [0.05, 0.1) is 23.6 Å². The number of fused-ring (bicyclic) bond motifs is 1. The molecule has 2 N–H and O–H groups in total. The number of aromatic amines is 1. The van der Waals surface area contributed by atoms with Crippen molar-refractivity contribution in [2.45, 2.75) is 32.7 Å². The Bertz CT molecular complexity index is 1010. The minimum absolute atomic E-state index is 0.164. The van der Waals surface area contributed by atoms with Gasteiger partial charge >= 0.3 is 0 Å². The van der Waals surface area contributed by atoms with E-state index < -0.39 is 0 Å². The van der Waals surface area contributed by atoms with Crippen LogP contribution in [0.3, 0.4) is 0 Å². The van der Waals surface area contributed by atoms with Crippen LogP contribution in [-0.4, -0.2) is 32.4 Å². The first-order valence-corrected chi connectivity index (χ1v) is 9.31. The number of hydrogen-bond acceptors (Lipinski definition) is 5. The van der Waals surface area contributed by atoms with Crippen molar-refractivity contribution in [3.8, 4) is 22.8 Å². The molecule has 1 aromatic carbocycles. The topological polar surface area (TPSA) is 94.1 Å². The molecule has 8 nitrogen and oxygen atoms in total. The van der Waals surface area contributed by atoms with Crippen LogP contribution in [0.2, 0.25) is 0 Å². The van der Waals surface area contributed by atoms with Crippen LogP contribution in [0.5, 0.6) is 11.5 Å². The third-order valence-corrected chi connectivity index (χ3v) is 4.73. The smallest absolute Gasteiger partial charge is 0.270 e. The molecule has 146 valence electrons. The molecule has 1 aliphatic heterocycles. The zero-order chi connectivity index (χ0) is 19.7. The van der Waals surface area contributed by atoms with Crippen molar-refractivity contribution in [2.24, 2.45) is 7.05 Å².